The molecule has 2 aromatic carbocycles. The Hall–Kier alpha value is -3.62. The number of imidazole rings is 1. The Labute approximate surface area is 198 Å². The average molecular weight is 457 g/mol. The van der Waals surface area contributed by atoms with E-state index in [1.807, 2.05) is 42.8 Å². The Balaban J connectivity index is 1.31. The number of aliphatic hydroxyl groups excluding tert-OH is 1. The number of nitrogens with zero attached hydrogens (tertiary/aromatic N) is 4. The minimum Gasteiger partial charge on any atom is -0.386 e. The van der Waals surface area contributed by atoms with Crippen molar-refractivity contribution in [2.24, 2.45) is 0 Å². The lowest BCUT2D eigenvalue weighted by Crippen LogP contribution is -2.36. The van der Waals surface area contributed by atoms with Crippen LogP contribution in [0, 0.1) is 0 Å². The SMILES string of the molecule is CC1(C)Nc2cc(-c3cn4ccnc4c(Nc4ccc(N5CCOCC5)cc4)n3)ccc2C1O. The molecule has 0 saturated carbocycles. The molecular formula is C26H28N6O2. The zero-order valence-electron chi connectivity index (χ0n) is 19.3. The van der Waals surface area contributed by atoms with Gasteiger partial charge in [-0.15, -0.1) is 0 Å². The molecule has 0 aliphatic carbocycles. The summed E-state index contributed by atoms with van der Waals surface area (Å²) in [4.78, 5) is 11.8. The van der Waals surface area contributed by atoms with Crippen LogP contribution in [0.3, 0.4) is 0 Å². The van der Waals surface area contributed by atoms with E-state index in [1.54, 1.807) is 6.20 Å². The second-order valence-corrected chi connectivity index (χ2v) is 9.46. The van der Waals surface area contributed by atoms with E-state index in [-0.39, 0.29) is 0 Å². The van der Waals surface area contributed by atoms with Crippen molar-refractivity contribution in [1.82, 2.24) is 14.4 Å². The summed E-state index contributed by atoms with van der Waals surface area (Å²) in [5, 5.41) is 17.5. The molecule has 2 aliphatic rings. The Morgan fingerprint density at radius 3 is 2.71 bits per heavy atom. The van der Waals surface area contributed by atoms with Crippen LogP contribution in [0.2, 0.25) is 0 Å². The third-order valence-electron chi connectivity index (χ3n) is 6.66. The Morgan fingerprint density at radius 1 is 1.12 bits per heavy atom. The molecule has 0 amide bonds. The van der Waals surface area contributed by atoms with Gasteiger partial charge in [-0.05, 0) is 44.2 Å². The number of anilines is 4. The minimum absolute atomic E-state index is 0.400. The number of fused-ring (bicyclic) bond motifs is 2. The van der Waals surface area contributed by atoms with Gasteiger partial charge >= 0.3 is 0 Å². The normalized spacial score (nSPS) is 19.1. The Kier molecular flexibility index (Phi) is 4.93. The molecule has 8 heteroatoms. The average Bonchev–Trinajstić information content (AvgIpc) is 3.42. The highest BCUT2D eigenvalue weighted by Gasteiger charge is 2.37. The first-order chi connectivity index (χ1) is 16.5. The smallest absolute Gasteiger partial charge is 0.180 e. The van der Waals surface area contributed by atoms with Crippen molar-refractivity contribution >= 4 is 28.5 Å². The molecule has 174 valence electrons. The van der Waals surface area contributed by atoms with Crippen LogP contribution in [0.15, 0.2) is 61.1 Å². The van der Waals surface area contributed by atoms with Crippen LogP contribution in [-0.4, -0.2) is 51.3 Å². The van der Waals surface area contributed by atoms with Gasteiger partial charge in [0.25, 0.3) is 0 Å². The van der Waals surface area contributed by atoms with Gasteiger partial charge in [0.2, 0.25) is 0 Å². The molecule has 8 nitrogen and oxygen atoms in total. The number of morpholine rings is 1. The summed E-state index contributed by atoms with van der Waals surface area (Å²) in [6.45, 7) is 7.36. The van der Waals surface area contributed by atoms with Gasteiger partial charge < -0.3 is 29.8 Å². The second kappa shape index (κ2) is 8.00. The van der Waals surface area contributed by atoms with E-state index in [0.29, 0.717) is 5.82 Å². The molecule has 0 bridgehead atoms. The topological polar surface area (TPSA) is 87.0 Å². The molecule has 0 spiro atoms. The van der Waals surface area contributed by atoms with Crippen molar-refractivity contribution in [3.63, 3.8) is 0 Å². The maximum absolute atomic E-state index is 10.6. The highest BCUT2D eigenvalue weighted by molar-refractivity contribution is 5.76. The number of hydrogen-bond acceptors (Lipinski definition) is 7. The summed E-state index contributed by atoms with van der Waals surface area (Å²) in [6, 6.07) is 14.4. The first kappa shape index (κ1) is 20.9. The highest BCUT2D eigenvalue weighted by atomic mass is 16.5. The Morgan fingerprint density at radius 2 is 1.91 bits per heavy atom. The van der Waals surface area contributed by atoms with Gasteiger partial charge in [0, 0.05) is 59.9 Å². The van der Waals surface area contributed by atoms with Gasteiger partial charge in [-0.1, -0.05) is 12.1 Å². The summed E-state index contributed by atoms with van der Waals surface area (Å²) < 4.78 is 7.44. The first-order valence-corrected chi connectivity index (χ1v) is 11.6. The predicted octanol–water partition coefficient (Wildman–Crippen LogP) is 4.21. The molecule has 6 rings (SSSR count). The van der Waals surface area contributed by atoms with E-state index >= 15 is 0 Å². The standard InChI is InChI=1S/C26H28N6O2/c1-26(2)23(33)20-8-3-17(15-21(20)30-26)22-16-32-10-9-27-25(32)24(29-22)28-18-4-6-19(7-5-18)31-11-13-34-14-12-31/h3-10,15-16,23,30,33H,11-14H2,1-2H3,(H,28,29). The first-order valence-electron chi connectivity index (χ1n) is 11.6. The van der Waals surface area contributed by atoms with Gasteiger partial charge in [-0.2, -0.15) is 0 Å². The number of rotatable bonds is 4. The summed E-state index contributed by atoms with van der Waals surface area (Å²) in [5.74, 6) is 0.690. The quantitative estimate of drug-likeness (QED) is 0.424. The summed E-state index contributed by atoms with van der Waals surface area (Å²) in [7, 11) is 0. The highest BCUT2D eigenvalue weighted by Crippen LogP contribution is 2.42. The summed E-state index contributed by atoms with van der Waals surface area (Å²) in [5.41, 5.74) is 6.15. The zero-order chi connectivity index (χ0) is 23.3. The van der Waals surface area contributed by atoms with E-state index in [9.17, 15) is 5.11 Å². The van der Waals surface area contributed by atoms with Gasteiger partial charge in [0.1, 0.15) is 6.10 Å². The fraction of sp³-hybridized carbons (Fsp3) is 0.308. The van der Waals surface area contributed by atoms with Gasteiger partial charge in [-0.25, -0.2) is 9.97 Å². The van der Waals surface area contributed by atoms with Crippen molar-refractivity contribution in [2.75, 3.05) is 41.8 Å². The third-order valence-corrected chi connectivity index (χ3v) is 6.66. The lowest BCUT2D eigenvalue weighted by atomic mass is 9.96. The summed E-state index contributed by atoms with van der Waals surface area (Å²) in [6.07, 6.45) is 5.13. The molecule has 34 heavy (non-hydrogen) atoms. The number of aromatic nitrogens is 3. The van der Waals surface area contributed by atoms with Crippen molar-refractivity contribution in [3.05, 3.63) is 66.6 Å². The molecule has 1 atom stereocenters. The minimum atomic E-state index is -0.543. The predicted molar refractivity (Wildman–Crippen MR) is 134 cm³/mol. The number of aliphatic hydroxyl groups is 1. The molecule has 2 aliphatic heterocycles. The van der Waals surface area contributed by atoms with Crippen LogP contribution >= 0.6 is 0 Å². The largest absolute Gasteiger partial charge is 0.386 e. The molecule has 3 N–H and O–H groups in total. The molecule has 2 aromatic heterocycles. The fourth-order valence-electron chi connectivity index (χ4n) is 4.73. The van der Waals surface area contributed by atoms with Crippen molar-refractivity contribution in [1.29, 1.82) is 0 Å². The van der Waals surface area contributed by atoms with Crippen LogP contribution in [0.4, 0.5) is 22.9 Å². The maximum Gasteiger partial charge on any atom is 0.180 e. The van der Waals surface area contributed by atoms with Crippen LogP contribution < -0.4 is 15.5 Å². The van der Waals surface area contributed by atoms with E-state index in [2.05, 4.69) is 50.8 Å². The number of nitrogens with one attached hydrogen (secondary N) is 2. The molecule has 4 heterocycles. The lowest BCUT2D eigenvalue weighted by molar-refractivity contribution is 0.122. The van der Waals surface area contributed by atoms with Crippen LogP contribution in [-0.2, 0) is 4.74 Å². The van der Waals surface area contributed by atoms with Gasteiger partial charge in [0.05, 0.1) is 24.4 Å². The van der Waals surface area contributed by atoms with Gasteiger partial charge in [0.15, 0.2) is 11.5 Å². The van der Waals surface area contributed by atoms with E-state index in [4.69, 9.17) is 9.72 Å². The number of ether oxygens (including phenoxy) is 1. The summed E-state index contributed by atoms with van der Waals surface area (Å²) >= 11 is 0. The molecule has 1 saturated heterocycles. The number of hydrogen-bond donors (Lipinski definition) is 3. The van der Waals surface area contributed by atoms with E-state index in [0.717, 1.165) is 60.1 Å². The second-order valence-electron chi connectivity index (χ2n) is 9.46. The van der Waals surface area contributed by atoms with Crippen molar-refractivity contribution in [2.45, 2.75) is 25.5 Å². The van der Waals surface area contributed by atoms with Crippen LogP contribution in [0.1, 0.15) is 25.5 Å². The fourth-order valence-corrected chi connectivity index (χ4v) is 4.73. The molecule has 1 fully saturated rings. The van der Waals surface area contributed by atoms with Crippen molar-refractivity contribution in [3.8, 4) is 11.3 Å². The molecule has 1 unspecified atom stereocenters. The number of benzene rings is 2. The monoisotopic (exact) mass is 456 g/mol. The van der Waals surface area contributed by atoms with Crippen LogP contribution in [0.5, 0.6) is 0 Å². The maximum atomic E-state index is 10.6. The van der Waals surface area contributed by atoms with E-state index < -0.39 is 11.6 Å². The third kappa shape index (κ3) is 3.65. The van der Waals surface area contributed by atoms with Crippen molar-refractivity contribution < 1.29 is 9.84 Å². The molecular weight excluding hydrogens is 428 g/mol. The molecule has 0 radical (unpaired) electrons. The van der Waals surface area contributed by atoms with Crippen LogP contribution in [0.25, 0.3) is 16.9 Å². The van der Waals surface area contributed by atoms with Gasteiger partial charge in [-0.3, -0.25) is 0 Å². The molecule has 4 aromatic rings. The van der Waals surface area contributed by atoms with E-state index in [1.165, 1.54) is 5.69 Å². The Bertz CT molecular complexity index is 1340. The lowest BCUT2D eigenvalue weighted by Gasteiger charge is -2.28. The zero-order valence-corrected chi connectivity index (χ0v) is 19.3.